The average molecular weight is 1070 g/mol. The van der Waals surface area contributed by atoms with E-state index in [9.17, 15) is 0 Å². The second kappa shape index (κ2) is 23.8. The van der Waals surface area contributed by atoms with E-state index < -0.39 is 16.1 Å². The van der Waals surface area contributed by atoms with Crippen LogP contribution in [0.1, 0.15) is 38.5 Å². The molecule has 0 atom stereocenters. The quantitative estimate of drug-likeness (QED) is 0.0348. The van der Waals surface area contributed by atoms with E-state index in [-0.39, 0.29) is 0 Å². The van der Waals surface area contributed by atoms with Gasteiger partial charge in [-0.05, 0) is 119 Å². The molecule has 0 fully saturated rings. The van der Waals surface area contributed by atoms with Gasteiger partial charge in [-0.25, -0.2) is 0 Å². The minimum absolute atomic E-state index is 0.725. The molecule has 1 aromatic heterocycles. The Hall–Kier alpha value is -8.20. The zero-order valence-electron chi connectivity index (χ0n) is 44.7. The maximum Gasteiger partial charge on any atom is 0.179 e. The molecule has 2 nitrogen and oxygen atoms in total. The van der Waals surface area contributed by atoms with E-state index in [0.29, 0.717) is 0 Å². The number of nitrogens with zero attached hydrogens (tertiary/aromatic N) is 1. The zero-order valence-corrected chi connectivity index (χ0v) is 47.6. The summed E-state index contributed by atoms with van der Waals surface area (Å²) in [6, 6.07) is 109. The Morgan fingerprint density at radius 2 is 0.595 bits per heavy atom. The molecular formula is C74H65NOSSi2. The number of hydrogen-bond acceptors (Lipinski definition) is 2. The number of thiol groups is 1. The molecule has 0 saturated carbocycles. The average Bonchev–Trinajstić information content (AvgIpc) is 4.13. The van der Waals surface area contributed by atoms with Gasteiger partial charge >= 0.3 is 0 Å². The fourth-order valence-electron chi connectivity index (χ4n) is 12.4. The lowest BCUT2D eigenvalue weighted by molar-refractivity contribution is 0.304. The first kappa shape index (κ1) is 51.6. The normalized spacial score (nSPS) is 11.8. The number of rotatable bonds is 20. The van der Waals surface area contributed by atoms with Crippen molar-refractivity contribution in [3.05, 3.63) is 291 Å². The molecule has 0 aliphatic rings. The Kier molecular flexibility index (Phi) is 15.5. The summed E-state index contributed by atoms with van der Waals surface area (Å²) in [6.45, 7) is 0.725. The number of aromatic nitrogens is 1. The highest BCUT2D eigenvalue weighted by molar-refractivity contribution is 7.80. The third-order valence-corrected chi connectivity index (χ3v) is 26.1. The summed E-state index contributed by atoms with van der Waals surface area (Å²) in [7, 11) is -5.35. The van der Waals surface area contributed by atoms with Crippen LogP contribution in [-0.2, 0) is 0 Å². The third-order valence-electron chi connectivity index (χ3n) is 16.2. The van der Waals surface area contributed by atoms with Crippen LogP contribution in [-0.4, -0.2) is 33.1 Å². The summed E-state index contributed by atoms with van der Waals surface area (Å²) in [5, 5.41) is 13.4. The Morgan fingerprint density at radius 1 is 0.291 bits per heavy atom. The molecule has 0 aliphatic heterocycles. The molecular weight excluding hydrogens is 1010 g/mol. The molecule has 11 aromatic carbocycles. The first-order valence-electron chi connectivity index (χ1n) is 28.1. The zero-order chi connectivity index (χ0) is 53.3. The summed E-state index contributed by atoms with van der Waals surface area (Å²) in [6.07, 6.45) is 7.22. The van der Waals surface area contributed by atoms with E-state index in [2.05, 4.69) is 308 Å². The standard InChI is InChI=1S/C74H65NOSSi2/c77-54-24-4-2-1-3-23-53-76-62-45-43-61(44-46-62)75-73-55-59(57-37-47-69(48-38-57)78(63-25-11-5-12-26-63,64-27-13-6-14-28-64)65-29-15-7-16-30-65)41-51-71(73)72-52-42-60(56-74(72)75)58-39-49-70(50-40-58)79(66-31-17-8-18-32-66,67-33-19-9-20-34-67)68-35-21-10-22-36-68/h5-22,25-52,55-56,77H,1-4,23-24,53-54H2. The van der Waals surface area contributed by atoms with Crippen LogP contribution in [0.15, 0.2) is 291 Å². The molecule has 0 spiro atoms. The Balaban J connectivity index is 0.948. The highest BCUT2D eigenvalue weighted by Gasteiger charge is 2.42. The van der Waals surface area contributed by atoms with Crippen LogP contribution in [0.5, 0.6) is 5.75 Å². The van der Waals surface area contributed by atoms with Crippen LogP contribution in [0.2, 0.25) is 0 Å². The molecule has 0 aliphatic carbocycles. The van der Waals surface area contributed by atoms with Gasteiger partial charge in [0.05, 0.1) is 17.6 Å². The summed E-state index contributed by atoms with van der Waals surface area (Å²) in [5.41, 5.74) is 8.17. The monoisotopic (exact) mass is 1070 g/mol. The second-order valence-corrected chi connectivity index (χ2v) is 28.9. The van der Waals surface area contributed by atoms with Crippen molar-refractivity contribution >= 4 is 92.1 Å². The molecule has 0 radical (unpaired) electrons. The van der Waals surface area contributed by atoms with Crippen molar-refractivity contribution in [2.45, 2.75) is 38.5 Å². The number of benzene rings is 11. The highest BCUT2D eigenvalue weighted by Crippen LogP contribution is 2.37. The van der Waals surface area contributed by atoms with E-state index in [1.807, 2.05) is 0 Å². The fraction of sp³-hybridized carbons (Fsp3) is 0.108. The van der Waals surface area contributed by atoms with Crippen molar-refractivity contribution in [2.75, 3.05) is 12.4 Å². The van der Waals surface area contributed by atoms with Crippen molar-refractivity contribution in [2.24, 2.45) is 0 Å². The van der Waals surface area contributed by atoms with E-state index in [4.69, 9.17) is 4.74 Å². The van der Waals surface area contributed by atoms with Crippen molar-refractivity contribution in [3.8, 4) is 33.7 Å². The number of fused-ring (bicyclic) bond motifs is 3. The van der Waals surface area contributed by atoms with Crippen LogP contribution < -0.4 is 46.2 Å². The predicted octanol–water partition coefficient (Wildman–Crippen LogP) is 13.5. The van der Waals surface area contributed by atoms with Crippen LogP contribution in [0.4, 0.5) is 0 Å². The Labute approximate surface area is 474 Å². The van der Waals surface area contributed by atoms with Gasteiger partial charge in [0.1, 0.15) is 5.75 Å². The lowest BCUT2D eigenvalue weighted by atomic mass is 10.0. The second-order valence-electron chi connectivity index (χ2n) is 20.8. The number of unbranched alkanes of at least 4 members (excludes halogenated alkanes) is 5. The van der Waals surface area contributed by atoms with Crippen molar-refractivity contribution in [3.63, 3.8) is 0 Å². The van der Waals surface area contributed by atoms with Gasteiger partial charge in [-0.3, -0.25) is 0 Å². The van der Waals surface area contributed by atoms with E-state index in [0.717, 1.165) is 30.2 Å². The first-order chi connectivity index (χ1) is 39.2. The molecule has 5 heteroatoms. The van der Waals surface area contributed by atoms with E-state index in [1.54, 1.807) is 0 Å². The maximum atomic E-state index is 6.36. The molecule has 0 unspecified atom stereocenters. The lowest BCUT2D eigenvalue weighted by Crippen LogP contribution is -2.74. The third kappa shape index (κ3) is 10.2. The van der Waals surface area contributed by atoms with Crippen molar-refractivity contribution in [1.29, 1.82) is 0 Å². The first-order valence-corrected chi connectivity index (χ1v) is 32.8. The van der Waals surface area contributed by atoms with Gasteiger partial charge in [-0.15, -0.1) is 0 Å². The predicted molar refractivity (Wildman–Crippen MR) is 346 cm³/mol. The lowest BCUT2D eigenvalue weighted by Gasteiger charge is -2.34. The van der Waals surface area contributed by atoms with Gasteiger partial charge in [0.2, 0.25) is 0 Å². The molecule has 386 valence electrons. The van der Waals surface area contributed by atoms with Gasteiger partial charge in [-0.1, -0.05) is 280 Å². The van der Waals surface area contributed by atoms with Crippen molar-refractivity contribution in [1.82, 2.24) is 4.57 Å². The number of hydrogen-bond donors (Lipinski definition) is 1. The molecule has 1 heterocycles. The molecule has 0 saturated heterocycles. The fourth-order valence-corrected chi connectivity index (χ4v) is 22.1. The van der Waals surface area contributed by atoms with E-state index in [1.165, 1.54) is 118 Å². The van der Waals surface area contributed by atoms with Gasteiger partial charge in [0.25, 0.3) is 0 Å². The summed E-state index contributed by atoms with van der Waals surface area (Å²) < 4.78 is 8.82. The minimum Gasteiger partial charge on any atom is -0.494 e. The number of ether oxygens (including phenoxy) is 1. The van der Waals surface area contributed by atoms with Gasteiger partial charge in [0, 0.05) is 16.5 Å². The van der Waals surface area contributed by atoms with Gasteiger partial charge < -0.3 is 9.30 Å². The van der Waals surface area contributed by atoms with Crippen LogP contribution in [0.3, 0.4) is 0 Å². The molecule has 0 amide bonds. The summed E-state index contributed by atoms with van der Waals surface area (Å²) in [5.74, 6) is 1.88. The Bertz CT molecular complexity index is 3470. The van der Waals surface area contributed by atoms with Gasteiger partial charge in [-0.2, -0.15) is 12.6 Å². The summed E-state index contributed by atoms with van der Waals surface area (Å²) in [4.78, 5) is 0. The van der Waals surface area contributed by atoms with E-state index >= 15 is 0 Å². The largest absolute Gasteiger partial charge is 0.494 e. The SMILES string of the molecule is SCCCCCCCCOc1ccc(-n2c3cc(-c4ccc([Si](c5ccccc5)(c5ccccc5)c5ccccc5)cc4)ccc3c3ccc(-c4ccc([Si](c5ccccc5)(c5ccccc5)c5ccccc5)cc4)cc32)cc1. The molecule has 79 heavy (non-hydrogen) atoms. The highest BCUT2D eigenvalue weighted by atomic mass is 32.1. The minimum atomic E-state index is -2.68. The van der Waals surface area contributed by atoms with Gasteiger partial charge in [0.15, 0.2) is 16.1 Å². The Morgan fingerprint density at radius 3 is 0.937 bits per heavy atom. The molecule has 0 bridgehead atoms. The maximum absolute atomic E-state index is 6.36. The van der Waals surface area contributed by atoms with Crippen molar-refractivity contribution < 1.29 is 4.74 Å². The summed E-state index contributed by atoms with van der Waals surface area (Å²) >= 11 is 4.38. The van der Waals surface area contributed by atoms with Crippen LogP contribution in [0.25, 0.3) is 49.7 Å². The molecule has 0 N–H and O–H groups in total. The molecule has 12 aromatic rings. The molecule has 12 rings (SSSR count). The smallest absolute Gasteiger partial charge is 0.179 e. The topological polar surface area (TPSA) is 14.2 Å². The van der Waals surface area contributed by atoms with Crippen LogP contribution >= 0.6 is 12.6 Å². The van der Waals surface area contributed by atoms with Crippen LogP contribution in [0, 0.1) is 0 Å².